The Morgan fingerprint density at radius 2 is 1.96 bits per heavy atom. The minimum Gasteiger partial charge on any atom is -0.454 e. The molecule has 3 heterocycles. The number of aromatic nitrogens is 4. The molecule has 9 nitrogen and oxygen atoms in total. The molecule has 0 unspecified atom stereocenters. The lowest BCUT2D eigenvalue weighted by molar-refractivity contribution is 0.174. The zero-order valence-corrected chi connectivity index (χ0v) is 14.2. The molecule has 0 fully saturated rings. The van der Waals surface area contributed by atoms with Crippen LogP contribution >= 0.6 is 0 Å². The molecule has 26 heavy (non-hydrogen) atoms. The second kappa shape index (κ2) is 7.36. The molecular formula is C17H18N6O3. The number of hydrogen-bond donors (Lipinski definition) is 2. The Balaban J connectivity index is 1.54. The van der Waals surface area contributed by atoms with E-state index in [0.29, 0.717) is 42.6 Å². The molecule has 3 aromatic rings. The van der Waals surface area contributed by atoms with Crippen LogP contribution in [0.2, 0.25) is 0 Å². The van der Waals surface area contributed by atoms with Crippen molar-refractivity contribution in [3.63, 3.8) is 0 Å². The first-order valence-corrected chi connectivity index (χ1v) is 8.17. The van der Waals surface area contributed by atoms with Crippen LogP contribution in [0.15, 0.2) is 30.6 Å². The van der Waals surface area contributed by atoms with E-state index in [1.165, 1.54) is 0 Å². The summed E-state index contributed by atoms with van der Waals surface area (Å²) >= 11 is 0. The Hall–Kier alpha value is -3.20. The van der Waals surface area contributed by atoms with E-state index in [-0.39, 0.29) is 6.79 Å². The van der Waals surface area contributed by atoms with Crippen molar-refractivity contribution in [1.82, 2.24) is 19.9 Å². The number of fused-ring (bicyclic) bond motifs is 2. The lowest BCUT2D eigenvalue weighted by atomic mass is 10.2. The lowest BCUT2D eigenvalue weighted by Crippen LogP contribution is -2.12. The van der Waals surface area contributed by atoms with Crippen molar-refractivity contribution in [3.8, 4) is 11.5 Å². The van der Waals surface area contributed by atoms with Crippen LogP contribution in [0.1, 0.15) is 5.56 Å². The molecule has 2 aromatic heterocycles. The van der Waals surface area contributed by atoms with Crippen LogP contribution in [0.25, 0.3) is 11.2 Å². The van der Waals surface area contributed by atoms with Gasteiger partial charge in [0.05, 0.1) is 6.61 Å². The zero-order chi connectivity index (χ0) is 17.8. The highest BCUT2D eigenvalue weighted by atomic mass is 16.7. The molecule has 1 aliphatic heterocycles. The van der Waals surface area contributed by atoms with Crippen molar-refractivity contribution in [3.05, 3.63) is 36.2 Å². The number of anilines is 2. The molecule has 0 atom stereocenters. The van der Waals surface area contributed by atoms with Gasteiger partial charge < -0.3 is 24.8 Å². The average Bonchev–Trinajstić information content (AvgIpc) is 3.14. The van der Waals surface area contributed by atoms with Gasteiger partial charge in [0.15, 0.2) is 28.5 Å². The average molecular weight is 354 g/mol. The first kappa shape index (κ1) is 16.3. The summed E-state index contributed by atoms with van der Waals surface area (Å²) in [6, 6.07) is 5.80. The molecule has 0 radical (unpaired) electrons. The number of hydrogen-bond acceptors (Lipinski definition) is 9. The highest BCUT2D eigenvalue weighted by molar-refractivity contribution is 5.83. The topological polar surface area (TPSA) is 103 Å². The van der Waals surface area contributed by atoms with E-state index >= 15 is 0 Å². The fourth-order valence-corrected chi connectivity index (χ4v) is 2.57. The van der Waals surface area contributed by atoms with Crippen LogP contribution in [0.4, 0.5) is 11.8 Å². The van der Waals surface area contributed by atoms with Gasteiger partial charge in [-0.1, -0.05) is 6.07 Å². The summed E-state index contributed by atoms with van der Waals surface area (Å²) in [6.07, 6.45) is 3.22. The molecule has 4 rings (SSSR count). The van der Waals surface area contributed by atoms with Gasteiger partial charge in [-0.15, -0.1) is 0 Å². The van der Waals surface area contributed by atoms with Gasteiger partial charge in [-0.3, -0.25) is 0 Å². The summed E-state index contributed by atoms with van der Waals surface area (Å²) in [5.41, 5.74) is 2.18. The van der Waals surface area contributed by atoms with E-state index in [2.05, 4.69) is 30.6 Å². The second-order valence-electron chi connectivity index (χ2n) is 5.59. The molecule has 1 aromatic carbocycles. The molecule has 2 N–H and O–H groups in total. The number of nitrogens with zero attached hydrogens (tertiary/aromatic N) is 4. The van der Waals surface area contributed by atoms with Gasteiger partial charge in [-0.05, 0) is 17.7 Å². The maximum absolute atomic E-state index is 5.40. The van der Waals surface area contributed by atoms with Gasteiger partial charge in [-0.25, -0.2) is 9.97 Å². The van der Waals surface area contributed by atoms with E-state index in [4.69, 9.17) is 14.2 Å². The molecular weight excluding hydrogens is 336 g/mol. The number of ether oxygens (including phenoxy) is 3. The van der Waals surface area contributed by atoms with Crippen LogP contribution in [0, 0.1) is 0 Å². The van der Waals surface area contributed by atoms with Crippen molar-refractivity contribution in [2.24, 2.45) is 0 Å². The van der Waals surface area contributed by atoms with Gasteiger partial charge in [0, 0.05) is 32.6 Å². The summed E-state index contributed by atoms with van der Waals surface area (Å²) in [6.45, 7) is 1.97. The van der Waals surface area contributed by atoms with Gasteiger partial charge in [0.2, 0.25) is 12.7 Å². The predicted octanol–water partition coefficient (Wildman–Crippen LogP) is 1.82. The van der Waals surface area contributed by atoms with Gasteiger partial charge in [0.25, 0.3) is 0 Å². The Morgan fingerprint density at radius 1 is 1.08 bits per heavy atom. The number of benzene rings is 1. The smallest absolute Gasteiger partial charge is 0.231 e. The Morgan fingerprint density at radius 3 is 2.88 bits per heavy atom. The Kier molecular flexibility index (Phi) is 4.61. The highest BCUT2D eigenvalue weighted by Crippen LogP contribution is 2.32. The van der Waals surface area contributed by atoms with Crippen LogP contribution in [-0.4, -0.2) is 47.0 Å². The molecule has 0 bridgehead atoms. The van der Waals surface area contributed by atoms with Crippen molar-refractivity contribution in [2.75, 3.05) is 37.7 Å². The quantitative estimate of drug-likeness (QED) is 0.615. The minimum absolute atomic E-state index is 0.259. The highest BCUT2D eigenvalue weighted by Gasteiger charge is 2.14. The molecule has 134 valence electrons. The van der Waals surface area contributed by atoms with Crippen molar-refractivity contribution in [1.29, 1.82) is 0 Å². The molecule has 9 heteroatoms. The first-order chi connectivity index (χ1) is 12.8. The third-order valence-electron chi connectivity index (χ3n) is 3.82. The fourth-order valence-electron chi connectivity index (χ4n) is 2.57. The third-order valence-corrected chi connectivity index (χ3v) is 3.82. The first-order valence-electron chi connectivity index (χ1n) is 8.17. The molecule has 0 spiro atoms. The molecule has 0 saturated carbocycles. The summed E-state index contributed by atoms with van der Waals surface area (Å²) < 4.78 is 15.8. The van der Waals surface area contributed by atoms with Crippen molar-refractivity contribution in [2.45, 2.75) is 6.54 Å². The number of nitrogens with one attached hydrogen (secondary N) is 2. The number of rotatable bonds is 7. The van der Waals surface area contributed by atoms with Crippen LogP contribution in [0.5, 0.6) is 11.5 Å². The van der Waals surface area contributed by atoms with E-state index in [0.717, 1.165) is 17.1 Å². The minimum atomic E-state index is 0.259. The fraction of sp³-hybridized carbons (Fsp3) is 0.294. The molecule has 0 aliphatic carbocycles. The predicted molar refractivity (Wildman–Crippen MR) is 95.4 cm³/mol. The van der Waals surface area contributed by atoms with Crippen LogP contribution < -0.4 is 20.1 Å². The SMILES string of the molecule is COCCNc1nc(NCc2ccc3c(c2)OCO3)nc2nccnc12. The summed E-state index contributed by atoms with van der Waals surface area (Å²) in [5, 5.41) is 6.42. The Labute approximate surface area is 149 Å². The van der Waals surface area contributed by atoms with Crippen LogP contribution in [0.3, 0.4) is 0 Å². The zero-order valence-electron chi connectivity index (χ0n) is 14.2. The summed E-state index contributed by atoms with van der Waals surface area (Å²) in [5.74, 6) is 2.59. The summed E-state index contributed by atoms with van der Waals surface area (Å²) in [4.78, 5) is 17.5. The molecule has 1 aliphatic rings. The van der Waals surface area contributed by atoms with Crippen molar-refractivity contribution < 1.29 is 14.2 Å². The van der Waals surface area contributed by atoms with Crippen molar-refractivity contribution >= 4 is 22.9 Å². The number of methoxy groups -OCH3 is 1. The normalized spacial score (nSPS) is 12.3. The Bertz CT molecular complexity index is 920. The van der Waals surface area contributed by atoms with Crippen LogP contribution in [-0.2, 0) is 11.3 Å². The molecule has 0 saturated heterocycles. The van der Waals surface area contributed by atoms with Gasteiger partial charge in [0.1, 0.15) is 0 Å². The standard InChI is InChI=1S/C17H18N6O3/c1-24-7-6-20-16-14-15(19-5-4-18-14)22-17(23-16)21-9-11-2-3-12-13(8-11)26-10-25-12/h2-5,8H,6-7,9-10H2,1H3,(H2,19,20,21,22,23). The monoisotopic (exact) mass is 354 g/mol. The maximum Gasteiger partial charge on any atom is 0.231 e. The van der Waals surface area contributed by atoms with E-state index in [9.17, 15) is 0 Å². The lowest BCUT2D eigenvalue weighted by Gasteiger charge is -2.10. The van der Waals surface area contributed by atoms with Gasteiger partial charge >= 0.3 is 0 Å². The van der Waals surface area contributed by atoms with Gasteiger partial charge in [-0.2, -0.15) is 9.97 Å². The van der Waals surface area contributed by atoms with E-state index in [1.807, 2.05) is 18.2 Å². The summed E-state index contributed by atoms with van der Waals surface area (Å²) in [7, 11) is 1.65. The second-order valence-corrected chi connectivity index (χ2v) is 5.59. The third kappa shape index (κ3) is 3.42. The largest absolute Gasteiger partial charge is 0.454 e. The maximum atomic E-state index is 5.40. The van der Waals surface area contributed by atoms with E-state index in [1.54, 1.807) is 19.5 Å². The van der Waals surface area contributed by atoms with E-state index < -0.39 is 0 Å². The molecule has 0 amide bonds.